The molecule has 0 aromatic heterocycles. The van der Waals surface area contributed by atoms with Crippen molar-refractivity contribution in [2.45, 2.75) is 24.6 Å². The van der Waals surface area contributed by atoms with E-state index in [1.807, 2.05) is 0 Å². The zero-order chi connectivity index (χ0) is 8.72. The Kier molecular flexibility index (Phi) is 1.90. The Balaban J connectivity index is 2.18. The number of hydrogen-bond donors (Lipinski definition) is 2. The SMILES string of the molecule is CN[C@H]1C(=O)CN2CCC(O)C12. The van der Waals surface area contributed by atoms with Gasteiger partial charge in [-0.1, -0.05) is 0 Å². The summed E-state index contributed by atoms with van der Waals surface area (Å²) in [6.07, 6.45) is 0.477. The predicted molar refractivity (Wildman–Crippen MR) is 43.8 cm³/mol. The van der Waals surface area contributed by atoms with Gasteiger partial charge in [-0.3, -0.25) is 9.69 Å². The summed E-state index contributed by atoms with van der Waals surface area (Å²) in [5.74, 6) is 0.209. The summed E-state index contributed by atoms with van der Waals surface area (Å²) in [4.78, 5) is 13.4. The lowest BCUT2D eigenvalue weighted by Gasteiger charge is -2.20. The summed E-state index contributed by atoms with van der Waals surface area (Å²) >= 11 is 0. The van der Waals surface area contributed by atoms with Gasteiger partial charge in [-0.2, -0.15) is 0 Å². The zero-order valence-electron chi connectivity index (χ0n) is 7.16. The van der Waals surface area contributed by atoms with Crippen molar-refractivity contribution in [1.29, 1.82) is 0 Å². The number of hydrogen-bond acceptors (Lipinski definition) is 4. The van der Waals surface area contributed by atoms with Crippen LogP contribution in [0.25, 0.3) is 0 Å². The highest BCUT2D eigenvalue weighted by Gasteiger charge is 2.47. The molecular formula is C8H14N2O2. The van der Waals surface area contributed by atoms with Gasteiger partial charge >= 0.3 is 0 Å². The fourth-order valence-electron chi connectivity index (χ4n) is 2.30. The van der Waals surface area contributed by atoms with E-state index in [0.29, 0.717) is 6.54 Å². The Bertz CT molecular complexity index is 207. The number of ketones is 1. The van der Waals surface area contributed by atoms with Crippen molar-refractivity contribution in [3.05, 3.63) is 0 Å². The van der Waals surface area contributed by atoms with Gasteiger partial charge in [-0.05, 0) is 13.5 Å². The largest absolute Gasteiger partial charge is 0.391 e. The van der Waals surface area contributed by atoms with E-state index >= 15 is 0 Å². The molecule has 0 aromatic carbocycles. The van der Waals surface area contributed by atoms with Crippen molar-refractivity contribution in [2.24, 2.45) is 0 Å². The first-order valence-electron chi connectivity index (χ1n) is 4.36. The Morgan fingerprint density at radius 2 is 2.42 bits per heavy atom. The highest BCUT2D eigenvalue weighted by Crippen LogP contribution is 2.26. The molecule has 68 valence electrons. The van der Waals surface area contributed by atoms with Gasteiger partial charge in [-0.15, -0.1) is 0 Å². The van der Waals surface area contributed by atoms with Crippen LogP contribution in [0, 0.1) is 0 Å². The molecule has 0 amide bonds. The molecule has 2 unspecified atom stereocenters. The number of fused-ring (bicyclic) bond motifs is 1. The molecule has 4 heteroatoms. The monoisotopic (exact) mass is 170 g/mol. The number of nitrogens with one attached hydrogen (secondary N) is 1. The topological polar surface area (TPSA) is 52.6 Å². The van der Waals surface area contributed by atoms with Crippen LogP contribution in [0.2, 0.25) is 0 Å². The van der Waals surface area contributed by atoms with Crippen molar-refractivity contribution < 1.29 is 9.90 Å². The van der Waals surface area contributed by atoms with Crippen LogP contribution >= 0.6 is 0 Å². The number of carbonyl (C=O) groups is 1. The number of rotatable bonds is 1. The van der Waals surface area contributed by atoms with E-state index in [1.54, 1.807) is 7.05 Å². The van der Waals surface area contributed by atoms with E-state index in [0.717, 1.165) is 13.0 Å². The molecular weight excluding hydrogens is 156 g/mol. The van der Waals surface area contributed by atoms with Crippen LogP contribution in [0.3, 0.4) is 0 Å². The minimum absolute atomic E-state index is 0.0301. The van der Waals surface area contributed by atoms with Gasteiger partial charge < -0.3 is 10.4 Å². The molecule has 2 saturated heterocycles. The summed E-state index contributed by atoms with van der Waals surface area (Å²) in [6.45, 7) is 1.36. The lowest BCUT2D eigenvalue weighted by atomic mass is 10.0. The van der Waals surface area contributed by atoms with Gasteiger partial charge in [0.25, 0.3) is 0 Å². The second-order valence-corrected chi connectivity index (χ2v) is 3.55. The molecule has 0 aliphatic carbocycles. The van der Waals surface area contributed by atoms with Crippen molar-refractivity contribution in [3.8, 4) is 0 Å². The lowest BCUT2D eigenvalue weighted by Crippen LogP contribution is -2.45. The molecule has 2 fully saturated rings. The molecule has 4 nitrogen and oxygen atoms in total. The lowest BCUT2D eigenvalue weighted by molar-refractivity contribution is -0.118. The summed E-state index contributed by atoms with van der Waals surface area (Å²) < 4.78 is 0. The molecule has 2 heterocycles. The Morgan fingerprint density at radius 1 is 1.67 bits per heavy atom. The van der Waals surface area contributed by atoms with Crippen LogP contribution in [0.15, 0.2) is 0 Å². The second kappa shape index (κ2) is 2.80. The first-order chi connectivity index (χ1) is 5.74. The van der Waals surface area contributed by atoms with Gasteiger partial charge in [0, 0.05) is 6.54 Å². The second-order valence-electron chi connectivity index (χ2n) is 3.55. The maximum absolute atomic E-state index is 11.3. The van der Waals surface area contributed by atoms with E-state index in [2.05, 4.69) is 10.2 Å². The van der Waals surface area contributed by atoms with Crippen LogP contribution < -0.4 is 5.32 Å². The average Bonchev–Trinajstić information content (AvgIpc) is 2.52. The summed E-state index contributed by atoms with van der Waals surface area (Å²) in [5, 5.41) is 12.5. The molecule has 12 heavy (non-hydrogen) atoms. The number of aliphatic hydroxyl groups is 1. The maximum atomic E-state index is 11.3. The van der Waals surface area contributed by atoms with Gasteiger partial charge in [0.15, 0.2) is 5.78 Å². The Morgan fingerprint density at radius 3 is 3.08 bits per heavy atom. The van der Waals surface area contributed by atoms with Gasteiger partial charge in [0.2, 0.25) is 0 Å². The fourth-order valence-corrected chi connectivity index (χ4v) is 2.30. The molecule has 2 rings (SSSR count). The molecule has 0 bridgehead atoms. The van der Waals surface area contributed by atoms with Gasteiger partial charge in [0.1, 0.15) is 0 Å². The van der Waals surface area contributed by atoms with Gasteiger partial charge in [0.05, 0.1) is 24.7 Å². The third-order valence-electron chi connectivity index (χ3n) is 2.89. The Labute approximate surface area is 71.5 Å². The zero-order valence-corrected chi connectivity index (χ0v) is 7.16. The third-order valence-corrected chi connectivity index (χ3v) is 2.89. The Hall–Kier alpha value is -0.450. The number of carbonyl (C=O) groups excluding carboxylic acids is 1. The van der Waals surface area contributed by atoms with Crippen LogP contribution in [0.5, 0.6) is 0 Å². The molecule has 2 N–H and O–H groups in total. The summed E-state index contributed by atoms with van der Waals surface area (Å²) in [7, 11) is 1.77. The quantitative estimate of drug-likeness (QED) is 0.508. The standard InChI is InChI=1S/C8H14N2O2/c1-9-7-6(12)4-10-3-2-5(11)8(7)10/h5,7-9,11H,2-4H2,1H3/t5?,7-,8?/m0/s1. The number of likely N-dealkylation sites (N-methyl/N-ethyl adjacent to an activating group) is 1. The number of nitrogens with zero attached hydrogens (tertiary/aromatic N) is 1. The molecule has 0 radical (unpaired) electrons. The minimum atomic E-state index is -0.325. The van der Waals surface area contributed by atoms with Crippen molar-refractivity contribution in [1.82, 2.24) is 10.2 Å². The molecule has 2 aliphatic rings. The van der Waals surface area contributed by atoms with Crippen LogP contribution in [0.4, 0.5) is 0 Å². The van der Waals surface area contributed by atoms with Crippen molar-refractivity contribution in [3.63, 3.8) is 0 Å². The molecule has 3 atom stereocenters. The van der Waals surface area contributed by atoms with Crippen LogP contribution in [0.1, 0.15) is 6.42 Å². The smallest absolute Gasteiger partial charge is 0.165 e. The van der Waals surface area contributed by atoms with Crippen molar-refractivity contribution >= 4 is 5.78 Å². The normalized spacial score (nSPS) is 42.2. The first kappa shape index (κ1) is 8.16. The van der Waals surface area contributed by atoms with Crippen LogP contribution in [-0.4, -0.2) is 54.1 Å². The molecule has 0 spiro atoms. The molecule has 0 saturated carbocycles. The van der Waals surface area contributed by atoms with E-state index in [4.69, 9.17) is 0 Å². The van der Waals surface area contributed by atoms with E-state index in [-0.39, 0.29) is 24.0 Å². The first-order valence-corrected chi connectivity index (χ1v) is 4.36. The number of aliphatic hydroxyl groups excluding tert-OH is 1. The van der Waals surface area contributed by atoms with Crippen molar-refractivity contribution in [2.75, 3.05) is 20.1 Å². The van der Waals surface area contributed by atoms with E-state index in [9.17, 15) is 9.90 Å². The average molecular weight is 170 g/mol. The summed E-state index contributed by atoms with van der Waals surface area (Å²) in [5.41, 5.74) is 0. The molecule has 2 aliphatic heterocycles. The minimum Gasteiger partial charge on any atom is -0.391 e. The van der Waals surface area contributed by atoms with E-state index < -0.39 is 0 Å². The maximum Gasteiger partial charge on any atom is 0.165 e. The predicted octanol–water partition coefficient (Wildman–Crippen LogP) is -1.41. The van der Waals surface area contributed by atoms with Crippen LogP contribution in [-0.2, 0) is 4.79 Å². The molecule has 0 aromatic rings. The third kappa shape index (κ3) is 0.990. The summed E-state index contributed by atoms with van der Waals surface area (Å²) in [6, 6.07) is -0.120. The van der Waals surface area contributed by atoms with Gasteiger partial charge in [-0.25, -0.2) is 0 Å². The van der Waals surface area contributed by atoms with E-state index in [1.165, 1.54) is 0 Å². The highest BCUT2D eigenvalue weighted by atomic mass is 16.3. The highest BCUT2D eigenvalue weighted by molar-refractivity contribution is 5.89. The number of Topliss-reactive ketones (excluding diaryl/α,β-unsaturated/α-hetero) is 1. The fraction of sp³-hybridized carbons (Fsp3) is 0.875.